The van der Waals surface area contributed by atoms with Crippen molar-refractivity contribution in [2.45, 2.75) is 31.3 Å². The molecular formula is C19H21IN2O3-2. The Bertz CT molecular complexity index is 700. The number of nitrogens with zero attached hydrogens (tertiary/aromatic N) is 2. The van der Waals surface area contributed by atoms with Crippen LogP contribution in [0.1, 0.15) is 42.5 Å². The lowest BCUT2D eigenvalue weighted by molar-refractivity contribution is -0.151. The average Bonchev–Trinajstić information content (AvgIpc) is 2.67. The fourth-order valence-electron chi connectivity index (χ4n) is 3.75. The predicted octanol–water partition coefficient (Wildman–Crippen LogP) is 4.71. The van der Waals surface area contributed by atoms with Gasteiger partial charge in [0.15, 0.2) is 0 Å². The highest BCUT2D eigenvalue weighted by Crippen LogP contribution is 2.49. The Hall–Kier alpha value is -1.03. The summed E-state index contributed by atoms with van der Waals surface area (Å²) in [4.78, 5) is 5.18. The molecular weight excluding hydrogens is 431 g/mol. The van der Waals surface area contributed by atoms with Gasteiger partial charge in [0.25, 0.3) is 0 Å². The highest BCUT2D eigenvalue weighted by Gasteiger charge is 2.42. The second-order valence-corrected chi connectivity index (χ2v) is 6.75. The van der Waals surface area contributed by atoms with Gasteiger partial charge in [0.2, 0.25) is 0 Å². The number of benzene rings is 2. The van der Waals surface area contributed by atoms with Crippen LogP contribution in [-0.2, 0) is 10.4 Å². The SMILES string of the molecule is CCON([O-])C1CCC(c2ccccc2)(N([O-])CI)c2ccccc21. The Morgan fingerprint density at radius 2 is 1.80 bits per heavy atom. The molecule has 0 heterocycles. The Kier molecular flexibility index (Phi) is 6.08. The van der Waals surface area contributed by atoms with E-state index >= 15 is 0 Å². The lowest BCUT2D eigenvalue weighted by atomic mass is 9.70. The summed E-state index contributed by atoms with van der Waals surface area (Å²) < 4.78 is 0.345. The van der Waals surface area contributed by atoms with Crippen molar-refractivity contribution in [1.29, 1.82) is 0 Å². The van der Waals surface area contributed by atoms with Gasteiger partial charge < -0.3 is 20.3 Å². The molecule has 134 valence electrons. The van der Waals surface area contributed by atoms with Gasteiger partial charge in [-0.3, -0.25) is 5.23 Å². The van der Waals surface area contributed by atoms with Crippen LogP contribution in [-0.4, -0.2) is 21.4 Å². The van der Waals surface area contributed by atoms with Crippen molar-refractivity contribution in [2.75, 3.05) is 11.2 Å². The molecule has 3 rings (SSSR count). The molecule has 0 bridgehead atoms. The van der Waals surface area contributed by atoms with Crippen molar-refractivity contribution in [3.05, 3.63) is 81.7 Å². The van der Waals surface area contributed by atoms with Gasteiger partial charge in [0.1, 0.15) is 0 Å². The van der Waals surface area contributed by atoms with Gasteiger partial charge in [0, 0.05) is 10.6 Å². The van der Waals surface area contributed by atoms with Crippen molar-refractivity contribution in [3.8, 4) is 0 Å². The van der Waals surface area contributed by atoms with Crippen molar-refractivity contribution in [2.24, 2.45) is 0 Å². The van der Waals surface area contributed by atoms with E-state index in [9.17, 15) is 10.4 Å². The molecule has 2 aromatic rings. The summed E-state index contributed by atoms with van der Waals surface area (Å²) in [6.45, 7) is 2.12. The van der Waals surface area contributed by atoms with E-state index in [0.29, 0.717) is 29.2 Å². The first-order valence-corrected chi connectivity index (χ1v) is 9.92. The molecule has 1 aliphatic rings. The summed E-state index contributed by atoms with van der Waals surface area (Å²) in [6, 6.07) is 17.2. The standard InChI is InChI=1S/C19H21IN2O3/c1-2-25-22(24)18-12-13-19(21(23)14-20,15-8-4-3-5-9-15)17-11-7-6-10-16(17)18/h3-11,18H,2,12-14H2,1H3/q-2. The second kappa shape index (κ2) is 8.11. The number of hydroxylamine groups is 4. The summed E-state index contributed by atoms with van der Waals surface area (Å²) >= 11 is 2.10. The van der Waals surface area contributed by atoms with Crippen molar-refractivity contribution in [3.63, 3.8) is 0 Å². The summed E-state index contributed by atoms with van der Waals surface area (Å²) in [5.41, 5.74) is 1.95. The maximum atomic E-state index is 13.0. The van der Waals surface area contributed by atoms with Crippen LogP contribution in [0.2, 0.25) is 0 Å². The van der Waals surface area contributed by atoms with Gasteiger partial charge in [-0.15, -0.1) is 0 Å². The van der Waals surface area contributed by atoms with Gasteiger partial charge in [0.05, 0.1) is 12.1 Å². The quantitative estimate of drug-likeness (QED) is 0.275. The van der Waals surface area contributed by atoms with Crippen LogP contribution in [0.5, 0.6) is 0 Å². The van der Waals surface area contributed by atoms with Gasteiger partial charge in [-0.25, -0.2) is 0 Å². The molecule has 0 aliphatic heterocycles. The van der Waals surface area contributed by atoms with E-state index in [4.69, 9.17) is 4.84 Å². The van der Waals surface area contributed by atoms with Crippen LogP contribution < -0.4 is 0 Å². The number of hydrogen-bond donors (Lipinski definition) is 0. The molecule has 25 heavy (non-hydrogen) atoms. The molecule has 0 amide bonds. The van der Waals surface area contributed by atoms with E-state index in [-0.39, 0.29) is 0 Å². The zero-order valence-electron chi connectivity index (χ0n) is 14.1. The summed E-state index contributed by atoms with van der Waals surface area (Å²) in [5.74, 6) is 0. The molecule has 1 aliphatic carbocycles. The number of alkyl halides is 1. The Labute approximate surface area is 161 Å². The Morgan fingerprint density at radius 3 is 2.48 bits per heavy atom. The fourth-order valence-corrected chi connectivity index (χ4v) is 4.34. The minimum Gasteiger partial charge on any atom is -0.784 e. The Morgan fingerprint density at radius 1 is 1.12 bits per heavy atom. The minimum absolute atomic E-state index is 0.327. The summed E-state index contributed by atoms with van der Waals surface area (Å²) in [7, 11) is 0. The third-order valence-electron chi connectivity index (χ3n) is 4.84. The Balaban J connectivity index is 2.16. The average molecular weight is 452 g/mol. The molecule has 2 unspecified atom stereocenters. The first-order valence-electron chi connectivity index (χ1n) is 8.40. The van der Waals surface area contributed by atoms with Crippen LogP contribution in [0.25, 0.3) is 0 Å². The van der Waals surface area contributed by atoms with E-state index < -0.39 is 11.6 Å². The van der Waals surface area contributed by atoms with E-state index in [1.54, 1.807) is 6.92 Å². The van der Waals surface area contributed by atoms with Gasteiger partial charge in [-0.05, 0) is 36.5 Å². The molecule has 0 aromatic heterocycles. The molecule has 0 saturated carbocycles. The van der Waals surface area contributed by atoms with Gasteiger partial charge in [-0.2, -0.15) is 0 Å². The molecule has 2 atom stereocenters. The van der Waals surface area contributed by atoms with E-state index in [1.807, 2.05) is 54.6 Å². The van der Waals surface area contributed by atoms with Crippen LogP contribution >= 0.6 is 22.6 Å². The number of rotatable bonds is 6. The van der Waals surface area contributed by atoms with Crippen LogP contribution in [0, 0.1) is 10.4 Å². The normalized spacial score (nSPS) is 23.0. The molecule has 5 nitrogen and oxygen atoms in total. The van der Waals surface area contributed by atoms with E-state index in [0.717, 1.165) is 21.8 Å². The molecule has 6 heteroatoms. The molecule has 0 spiro atoms. The molecule has 0 saturated heterocycles. The van der Waals surface area contributed by atoms with Crippen LogP contribution in [0.15, 0.2) is 54.6 Å². The van der Waals surface area contributed by atoms with Crippen molar-refractivity contribution < 1.29 is 4.84 Å². The zero-order valence-corrected chi connectivity index (χ0v) is 16.3. The lowest BCUT2D eigenvalue weighted by Gasteiger charge is -2.54. The van der Waals surface area contributed by atoms with Gasteiger partial charge in [-0.1, -0.05) is 77.2 Å². The zero-order chi connectivity index (χ0) is 17.9. The smallest absolute Gasteiger partial charge is 0.0645 e. The monoisotopic (exact) mass is 452 g/mol. The molecule has 0 fully saturated rings. The number of hydrogen-bond acceptors (Lipinski definition) is 5. The predicted molar refractivity (Wildman–Crippen MR) is 107 cm³/mol. The third-order valence-corrected chi connectivity index (χ3v) is 5.46. The largest absolute Gasteiger partial charge is 0.784 e. The maximum Gasteiger partial charge on any atom is 0.0645 e. The first-order chi connectivity index (χ1) is 12.1. The van der Waals surface area contributed by atoms with Crippen molar-refractivity contribution in [1.82, 2.24) is 10.3 Å². The highest BCUT2D eigenvalue weighted by atomic mass is 127. The number of fused-ring (bicyclic) bond motifs is 1. The molecule has 0 radical (unpaired) electrons. The fraction of sp³-hybridized carbons (Fsp3) is 0.368. The summed E-state index contributed by atoms with van der Waals surface area (Å²) in [6.07, 6.45) is 1.13. The second-order valence-electron chi connectivity index (χ2n) is 6.07. The van der Waals surface area contributed by atoms with Crippen LogP contribution in [0.3, 0.4) is 0 Å². The molecule has 2 aromatic carbocycles. The lowest BCUT2D eigenvalue weighted by Crippen LogP contribution is -2.47. The third kappa shape index (κ3) is 3.34. The summed E-state index contributed by atoms with van der Waals surface area (Å²) in [5, 5.41) is 27.2. The topological polar surface area (TPSA) is 61.8 Å². The molecule has 0 N–H and O–H groups in total. The maximum absolute atomic E-state index is 13.0. The minimum atomic E-state index is -0.775. The van der Waals surface area contributed by atoms with Crippen LogP contribution in [0.4, 0.5) is 0 Å². The highest BCUT2D eigenvalue weighted by molar-refractivity contribution is 14.1. The van der Waals surface area contributed by atoms with E-state index in [2.05, 4.69) is 22.6 Å². The van der Waals surface area contributed by atoms with Crippen molar-refractivity contribution >= 4 is 22.6 Å². The number of halogens is 1. The van der Waals surface area contributed by atoms with Gasteiger partial charge >= 0.3 is 0 Å². The first kappa shape index (κ1) is 18.8. The van der Waals surface area contributed by atoms with E-state index in [1.165, 1.54) is 0 Å².